The minimum atomic E-state index is 0.103. The van der Waals surface area contributed by atoms with Gasteiger partial charge in [-0.1, -0.05) is 5.16 Å². The third kappa shape index (κ3) is 3.40. The molecule has 0 radical (unpaired) electrons. The molecule has 0 saturated heterocycles. The van der Waals surface area contributed by atoms with Crippen LogP contribution in [0.3, 0.4) is 0 Å². The number of nitrogens with zero attached hydrogens (tertiary/aromatic N) is 4. The standard InChI is InChI=1S/C12H19N5O/c1-12(2,3)13-6-5-10-15-11(16-18-10)9-7-14-17(4)8-9/h7-8,13H,5-6H2,1-4H3. The normalized spacial score (nSPS) is 12.0. The van der Waals surface area contributed by atoms with Crippen LogP contribution >= 0.6 is 0 Å². The fraction of sp³-hybridized carbons (Fsp3) is 0.583. The van der Waals surface area contributed by atoms with Gasteiger partial charge < -0.3 is 9.84 Å². The molecule has 0 saturated carbocycles. The third-order valence-electron chi connectivity index (χ3n) is 2.43. The van der Waals surface area contributed by atoms with Crippen molar-refractivity contribution in [3.63, 3.8) is 0 Å². The Morgan fingerprint density at radius 1 is 1.39 bits per heavy atom. The van der Waals surface area contributed by atoms with Gasteiger partial charge in [-0.15, -0.1) is 0 Å². The van der Waals surface area contributed by atoms with Crippen LogP contribution < -0.4 is 5.32 Å². The lowest BCUT2D eigenvalue weighted by Gasteiger charge is -2.19. The van der Waals surface area contributed by atoms with E-state index in [9.17, 15) is 0 Å². The van der Waals surface area contributed by atoms with Gasteiger partial charge in [0.05, 0.1) is 11.8 Å². The molecule has 6 nitrogen and oxygen atoms in total. The van der Waals surface area contributed by atoms with Crippen molar-refractivity contribution in [1.29, 1.82) is 0 Å². The zero-order valence-corrected chi connectivity index (χ0v) is 11.3. The van der Waals surface area contributed by atoms with E-state index in [2.05, 4.69) is 41.3 Å². The molecular weight excluding hydrogens is 230 g/mol. The largest absolute Gasteiger partial charge is 0.339 e. The van der Waals surface area contributed by atoms with E-state index < -0.39 is 0 Å². The van der Waals surface area contributed by atoms with Crippen LogP contribution in [-0.4, -0.2) is 32.0 Å². The number of nitrogens with one attached hydrogen (secondary N) is 1. The summed E-state index contributed by atoms with van der Waals surface area (Å²) in [6, 6.07) is 0. The Labute approximate surface area is 106 Å². The molecule has 2 aromatic heterocycles. The summed E-state index contributed by atoms with van der Waals surface area (Å²) in [5, 5.41) is 11.4. The summed E-state index contributed by atoms with van der Waals surface area (Å²) < 4.78 is 6.92. The van der Waals surface area contributed by atoms with Crippen LogP contribution in [0.25, 0.3) is 11.4 Å². The first-order chi connectivity index (χ1) is 8.44. The van der Waals surface area contributed by atoms with Crippen LogP contribution in [0, 0.1) is 0 Å². The van der Waals surface area contributed by atoms with Gasteiger partial charge in [0.25, 0.3) is 0 Å². The number of rotatable bonds is 4. The molecule has 0 unspecified atom stereocenters. The summed E-state index contributed by atoms with van der Waals surface area (Å²) in [5.41, 5.74) is 0.975. The van der Waals surface area contributed by atoms with E-state index in [-0.39, 0.29) is 5.54 Å². The van der Waals surface area contributed by atoms with E-state index in [0.29, 0.717) is 11.7 Å². The highest BCUT2D eigenvalue weighted by Gasteiger charge is 2.12. The van der Waals surface area contributed by atoms with Gasteiger partial charge in [-0.25, -0.2) is 0 Å². The lowest BCUT2D eigenvalue weighted by molar-refractivity contribution is 0.362. The predicted molar refractivity (Wildman–Crippen MR) is 68.0 cm³/mol. The average Bonchev–Trinajstić information content (AvgIpc) is 2.85. The summed E-state index contributed by atoms with van der Waals surface area (Å²) in [5.74, 6) is 1.24. The van der Waals surface area contributed by atoms with Gasteiger partial charge in [-0.05, 0) is 20.8 Å². The van der Waals surface area contributed by atoms with Crippen LogP contribution in [0.2, 0.25) is 0 Å². The summed E-state index contributed by atoms with van der Waals surface area (Å²) in [7, 11) is 1.86. The van der Waals surface area contributed by atoms with E-state index in [1.54, 1.807) is 10.9 Å². The van der Waals surface area contributed by atoms with E-state index >= 15 is 0 Å². The molecular formula is C12H19N5O. The molecule has 0 aliphatic carbocycles. The third-order valence-corrected chi connectivity index (χ3v) is 2.43. The minimum absolute atomic E-state index is 0.103. The molecule has 2 heterocycles. The highest BCUT2D eigenvalue weighted by molar-refractivity contribution is 5.50. The van der Waals surface area contributed by atoms with Crippen molar-refractivity contribution in [2.45, 2.75) is 32.7 Å². The molecule has 2 aromatic rings. The number of aryl methyl sites for hydroxylation is 1. The topological polar surface area (TPSA) is 68.8 Å². The van der Waals surface area contributed by atoms with E-state index in [1.807, 2.05) is 13.2 Å². The zero-order chi connectivity index (χ0) is 13.2. The van der Waals surface area contributed by atoms with Crippen molar-refractivity contribution < 1.29 is 4.52 Å². The van der Waals surface area contributed by atoms with Crippen LogP contribution in [0.15, 0.2) is 16.9 Å². The van der Waals surface area contributed by atoms with E-state index in [1.165, 1.54) is 0 Å². The molecule has 6 heteroatoms. The molecule has 0 spiro atoms. The minimum Gasteiger partial charge on any atom is -0.339 e. The molecule has 0 aliphatic rings. The molecule has 2 rings (SSSR count). The average molecular weight is 249 g/mol. The Morgan fingerprint density at radius 2 is 2.17 bits per heavy atom. The maximum atomic E-state index is 5.20. The molecule has 98 valence electrons. The SMILES string of the molecule is Cn1cc(-c2noc(CCNC(C)(C)C)n2)cn1. The van der Waals surface area contributed by atoms with E-state index in [4.69, 9.17) is 4.52 Å². The fourth-order valence-corrected chi connectivity index (χ4v) is 1.55. The smallest absolute Gasteiger partial charge is 0.228 e. The second-order valence-electron chi connectivity index (χ2n) is 5.34. The highest BCUT2D eigenvalue weighted by Crippen LogP contribution is 2.14. The van der Waals surface area contributed by atoms with E-state index in [0.717, 1.165) is 18.5 Å². The number of hydrogen-bond acceptors (Lipinski definition) is 5. The first-order valence-corrected chi connectivity index (χ1v) is 6.01. The molecule has 0 amide bonds. The Balaban J connectivity index is 1.94. The van der Waals surface area contributed by atoms with Gasteiger partial charge in [-0.2, -0.15) is 10.1 Å². The summed E-state index contributed by atoms with van der Waals surface area (Å²) >= 11 is 0. The maximum absolute atomic E-state index is 5.20. The van der Waals surface area contributed by atoms with Gasteiger partial charge >= 0.3 is 0 Å². The molecule has 0 aliphatic heterocycles. The zero-order valence-electron chi connectivity index (χ0n) is 11.3. The van der Waals surface area contributed by atoms with Gasteiger partial charge in [0.15, 0.2) is 0 Å². The highest BCUT2D eigenvalue weighted by atomic mass is 16.5. The molecule has 1 N–H and O–H groups in total. The van der Waals surface area contributed by atoms with Crippen molar-refractivity contribution in [3.05, 3.63) is 18.3 Å². The Bertz CT molecular complexity index is 509. The van der Waals surface area contributed by atoms with Gasteiger partial charge in [0.1, 0.15) is 0 Å². The molecule has 0 bridgehead atoms. The molecule has 18 heavy (non-hydrogen) atoms. The van der Waals surface area contributed by atoms with Crippen molar-refractivity contribution >= 4 is 0 Å². The molecule has 0 aromatic carbocycles. The number of aromatic nitrogens is 4. The molecule has 0 fully saturated rings. The first kappa shape index (κ1) is 12.8. The summed E-state index contributed by atoms with van der Waals surface area (Å²) in [6.45, 7) is 7.20. The lowest BCUT2D eigenvalue weighted by atomic mass is 10.1. The summed E-state index contributed by atoms with van der Waals surface area (Å²) in [4.78, 5) is 4.34. The van der Waals surface area contributed by atoms with Crippen molar-refractivity contribution in [1.82, 2.24) is 25.2 Å². The quantitative estimate of drug-likeness (QED) is 0.887. The Morgan fingerprint density at radius 3 is 2.78 bits per heavy atom. The van der Waals surface area contributed by atoms with Gasteiger partial charge in [-0.3, -0.25) is 4.68 Å². The van der Waals surface area contributed by atoms with Crippen LogP contribution in [-0.2, 0) is 13.5 Å². The van der Waals surface area contributed by atoms with Crippen molar-refractivity contribution in [2.24, 2.45) is 7.05 Å². The number of hydrogen-bond donors (Lipinski definition) is 1. The second kappa shape index (κ2) is 4.89. The van der Waals surface area contributed by atoms with Crippen LogP contribution in [0.4, 0.5) is 0 Å². The van der Waals surface area contributed by atoms with Gasteiger partial charge in [0, 0.05) is 31.7 Å². The predicted octanol–water partition coefficient (Wildman–Crippen LogP) is 1.40. The Hall–Kier alpha value is -1.69. The Kier molecular flexibility index (Phi) is 3.47. The van der Waals surface area contributed by atoms with Crippen molar-refractivity contribution in [2.75, 3.05) is 6.54 Å². The van der Waals surface area contributed by atoms with Gasteiger partial charge in [0.2, 0.25) is 11.7 Å². The van der Waals surface area contributed by atoms with Crippen molar-refractivity contribution in [3.8, 4) is 11.4 Å². The maximum Gasteiger partial charge on any atom is 0.228 e. The monoisotopic (exact) mass is 249 g/mol. The van der Waals surface area contributed by atoms with Crippen LogP contribution in [0.1, 0.15) is 26.7 Å². The lowest BCUT2D eigenvalue weighted by Crippen LogP contribution is -2.37. The molecule has 0 atom stereocenters. The summed E-state index contributed by atoms with van der Waals surface area (Å²) in [6.07, 6.45) is 4.31. The fourth-order valence-electron chi connectivity index (χ4n) is 1.55. The van der Waals surface area contributed by atoms with Crippen LogP contribution in [0.5, 0.6) is 0 Å². The second-order valence-corrected chi connectivity index (χ2v) is 5.34. The first-order valence-electron chi connectivity index (χ1n) is 6.01.